The number of amides is 1. The number of aromatic nitrogens is 2. The van der Waals surface area contributed by atoms with Gasteiger partial charge in [-0.2, -0.15) is 5.10 Å². The predicted octanol–water partition coefficient (Wildman–Crippen LogP) is 1.00. The van der Waals surface area contributed by atoms with Gasteiger partial charge < -0.3 is 11.1 Å². The van der Waals surface area contributed by atoms with Crippen LogP contribution in [0, 0.1) is 26.2 Å². The lowest BCUT2D eigenvalue weighted by Crippen LogP contribution is -2.29. The van der Waals surface area contributed by atoms with Gasteiger partial charge in [-0.1, -0.05) is 0 Å². The molecule has 98 valence electrons. The highest BCUT2D eigenvalue weighted by atomic mass is 16.2. The molecule has 5 heteroatoms. The number of hydrogen-bond donors (Lipinski definition) is 2. The van der Waals surface area contributed by atoms with Crippen LogP contribution in [-0.2, 0) is 11.3 Å². The molecule has 0 saturated heterocycles. The third-order valence-electron chi connectivity index (χ3n) is 2.80. The molecule has 0 saturated carbocycles. The molecule has 0 aliphatic rings. The molecule has 0 radical (unpaired) electrons. The van der Waals surface area contributed by atoms with Crippen molar-refractivity contribution in [2.75, 3.05) is 12.3 Å². The number of nitrogens with zero attached hydrogens (tertiary/aromatic N) is 2. The molecule has 1 heterocycles. The number of hydrogen-bond acceptors (Lipinski definition) is 3. The van der Waals surface area contributed by atoms with Crippen LogP contribution < -0.4 is 11.1 Å². The van der Waals surface area contributed by atoms with Crippen molar-refractivity contribution in [3.05, 3.63) is 11.4 Å². The Bertz CT molecular complexity index is 456. The number of anilines is 1. The smallest absolute Gasteiger partial charge is 0.241 e. The molecule has 0 aromatic carbocycles. The first-order chi connectivity index (χ1) is 8.56. The Morgan fingerprint density at radius 2 is 2.22 bits per heavy atom. The highest BCUT2D eigenvalue weighted by molar-refractivity contribution is 5.75. The standard InChI is InChI=1S/C13H20N4O/c1-4-5-6-7-8-15-12(18)9-17-11(3)13(14)10(2)16-17/h1H,5-9,14H2,2-3H3,(H,15,18). The van der Waals surface area contributed by atoms with Gasteiger partial charge in [-0.25, -0.2) is 0 Å². The molecular weight excluding hydrogens is 228 g/mol. The maximum Gasteiger partial charge on any atom is 0.241 e. The van der Waals surface area contributed by atoms with Crippen molar-refractivity contribution in [3.63, 3.8) is 0 Å². The summed E-state index contributed by atoms with van der Waals surface area (Å²) in [6, 6.07) is 0. The number of carbonyl (C=O) groups is 1. The third kappa shape index (κ3) is 3.81. The highest BCUT2D eigenvalue weighted by Gasteiger charge is 2.10. The second-order valence-corrected chi connectivity index (χ2v) is 4.25. The van der Waals surface area contributed by atoms with Gasteiger partial charge in [0.05, 0.1) is 17.1 Å². The van der Waals surface area contributed by atoms with E-state index in [1.165, 1.54) is 0 Å². The van der Waals surface area contributed by atoms with Gasteiger partial charge in [-0.05, 0) is 26.7 Å². The van der Waals surface area contributed by atoms with Crippen molar-refractivity contribution in [2.45, 2.75) is 39.7 Å². The van der Waals surface area contributed by atoms with Crippen molar-refractivity contribution in [2.24, 2.45) is 0 Å². The Labute approximate surface area is 108 Å². The lowest BCUT2D eigenvalue weighted by molar-refractivity contribution is -0.121. The van der Waals surface area contributed by atoms with E-state index in [9.17, 15) is 4.79 Å². The number of nitrogen functional groups attached to an aromatic ring is 1. The zero-order valence-electron chi connectivity index (χ0n) is 11.0. The summed E-state index contributed by atoms with van der Waals surface area (Å²) in [7, 11) is 0. The van der Waals surface area contributed by atoms with Crippen LogP contribution in [0.3, 0.4) is 0 Å². The summed E-state index contributed by atoms with van der Waals surface area (Å²) in [5.41, 5.74) is 8.04. The predicted molar refractivity (Wildman–Crippen MR) is 71.8 cm³/mol. The molecule has 0 aliphatic heterocycles. The van der Waals surface area contributed by atoms with Gasteiger partial charge in [0.25, 0.3) is 0 Å². The van der Waals surface area contributed by atoms with Crippen LogP contribution in [0.4, 0.5) is 5.69 Å². The van der Waals surface area contributed by atoms with E-state index in [0.717, 1.165) is 30.7 Å². The first-order valence-electron chi connectivity index (χ1n) is 6.06. The molecule has 3 N–H and O–H groups in total. The molecule has 1 amide bonds. The maximum atomic E-state index is 11.7. The molecule has 18 heavy (non-hydrogen) atoms. The number of rotatable bonds is 6. The summed E-state index contributed by atoms with van der Waals surface area (Å²) in [4.78, 5) is 11.7. The fourth-order valence-electron chi connectivity index (χ4n) is 1.64. The Kier molecular flexibility index (Phi) is 5.25. The van der Waals surface area contributed by atoms with E-state index in [-0.39, 0.29) is 12.5 Å². The minimum absolute atomic E-state index is 0.0543. The Morgan fingerprint density at radius 1 is 1.50 bits per heavy atom. The maximum absolute atomic E-state index is 11.7. The fourth-order valence-corrected chi connectivity index (χ4v) is 1.64. The zero-order valence-corrected chi connectivity index (χ0v) is 11.0. The topological polar surface area (TPSA) is 72.9 Å². The summed E-state index contributed by atoms with van der Waals surface area (Å²) in [5, 5.41) is 7.05. The Morgan fingerprint density at radius 3 is 2.78 bits per heavy atom. The molecule has 0 spiro atoms. The van der Waals surface area contributed by atoms with E-state index < -0.39 is 0 Å². The van der Waals surface area contributed by atoms with Gasteiger partial charge in [0, 0.05) is 13.0 Å². The van der Waals surface area contributed by atoms with E-state index in [4.69, 9.17) is 12.2 Å². The number of aryl methyl sites for hydroxylation is 1. The minimum atomic E-state index is -0.0543. The molecule has 0 unspecified atom stereocenters. The zero-order chi connectivity index (χ0) is 13.5. The average molecular weight is 248 g/mol. The van der Waals surface area contributed by atoms with Crippen LogP contribution in [0.15, 0.2) is 0 Å². The minimum Gasteiger partial charge on any atom is -0.396 e. The highest BCUT2D eigenvalue weighted by Crippen LogP contribution is 2.14. The molecule has 0 atom stereocenters. The van der Waals surface area contributed by atoms with E-state index in [1.54, 1.807) is 4.68 Å². The van der Waals surface area contributed by atoms with Gasteiger partial charge in [-0.15, -0.1) is 12.3 Å². The number of nitrogens with one attached hydrogen (secondary N) is 1. The SMILES string of the molecule is C#CCCCCNC(=O)Cn1nc(C)c(N)c1C. The number of terminal acetylenes is 1. The van der Waals surface area contributed by atoms with Gasteiger partial charge in [0.1, 0.15) is 6.54 Å². The summed E-state index contributed by atoms with van der Waals surface area (Å²) in [6.45, 7) is 4.54. The lowest BCUT2D eigenvalue weighted by atomic mass is 10.2. The lowest BCUT2D eigenvalue weighted by Gasteiger charge is -2.06. The summed E-state index contributed by atoms with van der Waals surface area (Å²) < 4.78 is 1.63. The summed E-state index contributed by atoms with van der Waals surface area (Å²) >= 11 is 0. The first-order valence-corrected chi connectivity index (χ1v) is 6.06. The Balaban J connectivity index is 2.36. The number of unbranched alkanes of at least 4 members (excludes halogenated alkanes) is 2. The van der Waals surface area contributed by atoms with E-state index in [2.05, 4.69) is 16.3 Å². The van der Waals surface area contributed by atoms with Crippen LogP contribution in [0.1, 0.15) is 30.7 Å². The van der Waals surface area contributed by atoms with Gasteiger partial charge in [0.2, 0.25) is 5.91 Å². The quantitative estimate of drug-likeness (QED) is 0.582. The number of nitrogens with two attached hydrogens (primary N) is 1. The van der Waals surface area contributed by atoms with Crippen LogP contribution in [0.2, 0.25) is 0 Å². The van der Waals surface area contributed by atoms with Crippen LogP contribution in [0.25, 0.3) is 0 Å². The number of carbonyl (C=O) groups excluding carboxylic acids is 1. The summed E-state index contributed by atoms with van der Waals surface area (Å²) in [6.07, 6.45) is 7.73. The molecule has 0 bridgehead atoms. The van der Waals surface area contributed by atoms with Crippen molar-refractivity contribution in [1.29, 1.82) is 0 Å². The van der Waals surface area contributed by atoms with Crippen LogP contribution in [0.5, 0.6) is 0 Å². The second kappa shape index (κ2) is 6.70. The molecule has 1 aromatic heterocycles. The van der Waals surface area contributed by atoms with Crippen molar-refractivity contribution in [1.82, 2.24) is 15.1 Å². The van der Waals surface area contributed by atoms with E-state index in [1.807, 2.05) is 13.8 Å². The molecule has 0 fully saturated rings. The largest absolute Gasteiger partial charge is 0.396 e. The van der Waals surface area contributed by atoms with Crippen molar-refractivity contribution < 1.29 is 4.79 Å². The normalized spacial score (nSPS) is 10.1. The third-order valence-corrected chi connectivity index (χ3v) is 2.80. The van der Waals surface area contributed by atoms with Gasteiger partial charge in [0.15, 0.2) is 0 Å². The molecule has 1 rings (SSSR count). The first kappa shape index (κ1) is 14.1. The van der Waals surface area contributed by atoms with Crippen LogP contribution >= 0.6 is 0 Å². The van der Waals surface area contributed by atoms with Gasteiger partial charge in [-0.3, -0.25) is 9.48 Å². The van der Waals surface area contributed by atoms with Crippen molar-refractivity contribution >= 4 is 11.6 Å². The molecule has 5 nitrogen and oxygen atoms in total. The molecule has 1 aromatic rings. The van der Waals surface area contributed by atoms with E-state index in [0.29, 0.717) is 12.2 Å². The summed E-state index contributed by atoms with van der Waals surface area (Å²) in [5.74, 6) is 2.52. The van der Waals surface area contributed by atoms with Crippen LogP contribution in [-0.4, -0.2) is 22.2 Å². The fraction of sp³-hybridized carbons (Fsp3) is 0.538. The van der Waals surface area contributed by atoms with E-state index >= 15 is 0 Å². The van der Waals surface area contributed by atoms with Crippen molar-refractivity contribution in [3.8, 4) is 12.3 Å². The Hall–Kier alpha value is -1.96. The second-order valence-electron chi connectivity index (χ2n) is 4.25. The average Bonchev–Trinajstić information content (AvgIpc) is 2.57. The molecular formula is C13H20N4O. The monoisotopic (exact) mass is 248 g/mol. The molecule has 0 aliphatic carbocycles. The van der Waals surface area contributed by atoms with Gasteiger partial charge >= 0.3 is 0 Å².